The quantitative estimate of drug-likeness (QED) is 0.823. The molecule has 0 aromatic heterocycles. The van der Waals surface area contributed by atoms with Gasteiger partial charge in [0.1, 0.15) is 5.82 Å². The summed E-state index contributed by atoms with van der Waals surface area (Å²) in [6.45, 7) is 3.56. The Balaban J connectivity index is 1.86. The second-order valence-electron chi connectivity index (χ2n) is 5.90. The second-order valence-corrected chi connectivity index (χ2v) is 7.58. The molecule has 2 atom stereocenters. The Hall–Kier alpha value is -1.18. The van der Waals surface area contributed by atoms with Crippen molar-refractivity contribution in [3.8, 4) is 0 Å². The number of nitrogens with one attached hydrogen (secondary N) is 1. The topological polar surface area (TPSA) is 75.4 Å². The van der Waals surface area contributed by atoms with Crippen LogP contribution in [0.2, 0.25) is 0 Å². The van der Waals surface area contributed by atoms with Crippen molar-refractivity contribution in [2.75, 3.05) is 18.8 Å². The molecule has 0 amide bonds. The van der Waals surface area contributed by atoms with Crippen LogP contribution in [0.5, 0.6) is 0 Å². The van der Waals surface area contributed by atoms with Gasteiger partial charge in [-0.3, -0.25) is 4.90 Å². The molecule has 116 valence electrons. The Kier molecular flexibility index (Phi) is 3.67. The highest BCUT2D eigenvalue weighted by Crippen LogP contribution is 2.29. The highest BCUT2D eigenvalue weighted by Gasteiger charge is 2.39. The summed E-state index contributed by atoms with van der Waals surface area (Å²) in [5, 5.41) is 0. The number of nitrogen functional groups attached to an aromatic ring is 1. The summed E-state index contributed by atoms with van der Waals surface area (Å²) in [5.41, 5.74) is 5.73. The van der Waals surface area contributed by atoms with E-state index in [1.807, 2.05) is 0 Å². The van der Waals surface area contributed by atoms with E-state index in [1.54, 1.807) is 6.92 Å². The van der Waals surface area contributed by atoms with Gasteiger partial charge in [0.25, 0.3) is 0 Å². The predicted octanol–water partition coefficient (Wildman–Crippen LogP) is 1.23. The van der Waals surface area contributed by atoms with Crippen molar-refractivity contribution in [1.29, 1.82) is 0 Å². The highest BCUT2D eigenvalue weighted by molar-refractivity contribution is 7.89. The standard InChI is InChI=1S/C14H20FN3O2S/c1-9-7-10(15)11(16)8-14(9)21(19,20)17-12-4-6-18-5-2-3-13(12)18/h7-8,12-13,17H,2-6,16H2,1H3. The molecule has 1 aromatic carbocycles. The Labute approximate surface area is 124 Å². The molecular weight excluding hydrogens is 293 g/mol. The summed E-state index contributed by atoms with van der Waals surface area (Å²) in [7, 11) is -3.68. The minimum atomic E-state index is -3.68. The first kappa shape index (κ1) is 14.7. The molecule has 0 saturated carbocycles. The number of aryl methyl sites for hydroxylation is 1. The highest BCUT2D eigenvalue weighted by atomic mass is 32.2. The molecule has 7 heteroatoms. The first-order valence-corrected chi connectivity index (χ1v) is 8.69. The molecule has 2 aliphatic rings. The summed E-state index contributed by atoms with van der Waals surface area (Å²) in [6, 6.07) is 2.59. The number of sulfonamides is 1. The van der Waals surface area contributed by atoms with Crippen LogP contribution in [0.3, 0.4) is 0 Å². The fraction of sp³-hybridized carbons (Fsp3) is 0.571. The van der Waals surface area contributed by atoms with Crippen LogP contribution in [0.25, 0.3) is 0 Å². The second kappa shape index (κ2) is 5.23. The molecule has 2 aliphatic heterocycles. The molecule has 0 bridgehead atoms. The maximum Gasteiger partial charge on any atom is 0.241 e. The molecule has 0 aliphatic carbocycles. The molecule has 0 radical (unpaired) electrons. The van der Waals surface area contributed by atoms with Gasteiger partial charge in [0, 0.05) is 18.6 Å². The number of anilines is 1. The zero-order valence-corrected chi connectivity index (χ0v) is 12.8. The number of hydrogen-bond acceptors (Lipinski definition) is 4. The van der Waals surface area contributed by atoms with Crippen molar-refractivity contribution in [3.63, 3.8) is 0 Å². The molecular formula is C14H20FN3O2S. The molecule has 3 rings (SSSR count). The average molecular weight is 313 g/mol. The SMILES string of the molecule is Cc1cc(F)c(N)cc1S(=O)(=O)NC1CCN2CCCC12. The maximum absolute atomic E-state index is 13.4. The lowest BCUT2D eigenvalue weighted by atomic mass is 10.1. The van der Waals surface area contributed by atoms with Gasteiger partial charge in [-0.05, 0) is 50.4 Å². The van der Waals surface area contributed by atoms with E-state index in [2.05, 4.69) is 9.62 Å². The third kappa shape index (κ3) is 2.65. The smallest absolute Gasteiger partial charge is 0.241 e. The lowest BCUT2D eigenvalue weighted by Gasteiger charge is -2.21. The zero-order chi connectivity index (χ0) is 15.2. The van der Waals surface area contributed by atoms with E-state index in [9.17, 15) is 12.8 Å². The molecule has 2 heterocycles. The number of rotatable bonds is 3. The van der Waals surface area contributed by atoms with Crippen molar-refractivity contribution >= 4 is 15.7 Å². The molecule has 2 unspecified atom stereocenters. The number of nitrogens with zero attached hydrogens (tertiary/aromatic N) is 1. The summed E-state index contributed by atoms with van der Waals surface area (Å²) in [6.07, 6.45) is 2.96. The lowest BCUT2D eigenvalue weighted by Crippen LogP contribution is -2.42. The molecule has 21 heavy (non-hydrogen) atoms. The van der Waals surface area contributed by atoms with Gasteiger partial charge < -0.3 is 5.73 Å². The predicted molar refractivity (Wildman–Crippen MR) is 78.9 cm³/mol. The van der Waals surface area contributed by atoms with E-state index in [0.717, 1.165) is 32.4 Å². The zero-order valence-electron chi connectivity index (χ0n) is 12.0. The molecule has 0 spiro atoms. The van der Waals surface area contributed by atoms with E-state index >= 15 is 0 Å². The third-order valence-electron chi connectivity index (χ3n) is 4.50. The fourth-order valence-corrected chi connectivity index (χ4v) is 5.01. The largest absolute Gasteiger partial charge is 0.396 e. The summed E-state index contributed by atoms with van der Waals surface area (Å²) >= 11 is 0. The number of hydrogen-bond donors (Lipinski definition) is 2. The van der Waals surface area contributed by atoms with Crippen LogP contribution in [0.1, 0.15) is 24.8 Å². The first-order chi connectivity index (χ1) is 9.88. The molecule has 2 fully saturated rings. The van der Waals surface area contributed by atoms with E-state index < -0.39 is 15.8 Å². The first-order valence-electron chi connectivity index (χ1n) is 7.20. The summed E-state index contributed by atoms with van der Waals surface area (Å²) in [5.74, 6) is -0.589. The van der Waals surface area contributed by atoms with Crippen LogP contribution >= 0.6 is 0 Å². The van der Waals surface area contributed by atoms with Crippen molar-refractivity contribution < 1.29 is 12.8 Å². The minimum Gasteiger partial charge on any atom is -0.396 e. The molecule has 5 nitrogen and oxygen atoms in total. The van der Waals surface area contributed by atoms with Crippen molar-refractivity contribution in [2.24, 2.45) is 0 Å². The van der Waals surface area contributed by atoms with Crippen molar-refractivity contribution in [3.05, 3.63) is 23.5 Å². The van der Waals surface area contributed by atoms with Gasteiger partial charge in [0.05, 0.1) is 10.6 Å². The Bertz CT molecular complexity index is 662. The maximum atomic E-state index is 13.4. The monoisotopic (exact) mass is 313 g/mol. The fourth-order valence-electron chi connectivity index (χ4n) is 3.44. The number of halogens is 1. The Morgan fingerprint density at radius 1 is 1.33 bits per heavy atom. The normalized spacial score (nSPS) is 26.2. The van der Waals surface area contributed by atoms with Crippen LogP contribution in [0.4, 0.5) is 10.1 Å². The van der Waals surface area contributed by atoms with E-state index in [0.29, 0.717) is 5.56 Å². The van der Waals surface area contributed by atoms with Crippen LogP contribution in [-0.2, 0) is 10.0 Å². The van der Waals surface area contributed by atoms with Gasteiger partial charge in [-0.1, -0.05) is 0 Å². The lowest BCUT2D eigenvalue weighted by molar-refractivity contribution is 0.309. The minimum absolute atomic E-state index is 0.0665. The van der Waals surface area contributed by atoms with Gasteiger partial charge in [0.15, 0.2) is 0 Å². The van der Waals surface area contributed by atoms with Crippen LogP contribution in [-0.4, -0.2) is 38.5 Å². The Morgan fingerprint density at radius 2 is 2.10 bits per heavy atom. The average Bonchev–Trinajstić information content (AvgIpc) is 2.98. The molecule has 3 N–H and O–H groups in total. The van der Waals surface area contributed by atoms with Crippen LogP contribution in [0.15, 0.2) is 17.0 Å². The Morgan fingerprint density at radius 3 is 2.86 bits per heavy atom. The molecule has 1 aromatic rings. The van der Waals surface area contributed by atoms with Gasteiger partial charge in [-0.25, -0.2) is 17.5 Å². The van der Waals surface area contributed by atoms with Crippen LogP contribution < -0.4 is 10.5 Å². The van der Waals surface area contributed by atoms with Gasteiger partial charge in [-0.2, -0.15) is 0 Å². The van der Waals surface area contributed by atoms with Crippen LogP contribution in [0, 0.1) is 12.7 Å². The van der Waals surface area contributed by atoms with Gasteiger partial charge in [0.2, 0.25) is 10.0 Å². The third-order valence-corrected chi connectivity index (χ3v) is 6.13. The summed E-state index contributed by atoms with van der Waals surface area (Å²) in [4.78, 5) is 2.40. The summed E-state index contributed by atoms with van der Waals surface area (Å²) < 4.78 is 41.3. The van der Waals surface area contributed by atoms with Crippen molar-refractivity contribution in [2.45, 2.75) is 43.2 Å². The number of nitrogens with two attached hydrogens (primary N) is 1. The number of benzene rings is 1. The van der Waals surface area contributed by atoms with E-state index in [4.69, 9.17) is 5.73 Å². The van der Waals surface area contributed by atoms with Gasteiger partial charge in [-0.15, -0.1) is 0 Å². The number of fused-ring (bicyclic) bond motifs is 1. The van der Waals surface area contributed by atoms with Crippen molar-refractivity contribution in [1.82, 2.24) is 9.62 Å². The molecule has 2 saturated heterocycles. The van der Waals surface area contributed by atoms with E-state index in [-0.39, 0.29) is 22.7 Å². The van der Waals surface area contributed by atoms with Gasteiger partial charge >= 0.3 is 0 Å². The van der Waals surface area contributed by atoms with E-state index in [1.165, 1.54) is 12.1 Å².